The molecule has 0 amide bonds. The molecule has 0 aliphatic heterocycles. The molecule has 1 aromatic carbocycles. The van der Waals surface area contributed by atoms with Crippen LogP contribution in [0.25, 0.3) is 0 Å². The van der Waals surface area contributed by atoms with Crippen LogP contribution in [0, 0.1) is 6.92 Å². The summed E-state index contributed by atoms with van der Waals surface area (Å²) >= 11 is 1.82. The topological polar surface area (TPSA) is 9.23 Å². The molecule has 0 saturated carbocycles. The molecule has 0 aliphatic carbocycles. The van der Waals surface area contributed by atoms with Gasteiger partial charge >= 0.3 is 0 Å². The molecule has 0 aliphatic rings. The lowest BCUT2D eigenvalue weighted by Crippen LogP contribution is -2.09. The Bertz CT molecular complexity index is 400. The second kappa shape index (κ2) is 8.17. The van der Waals surface area contributed by atoms with E-state index in [1.165, 1.54) is 16.0 Å². The molecular weight excluding hydrogens is 240 g/mol. The average Bonchev–Trinajstić information content (AvgIpc) is 2.35. The molecule has 0 heterocycles. The van der Waals surface area contributed by atoms with Crippen molar-refractivity contribution in [1.82, 2.24) is 0 Å². The Hall–Kier alpha value is -0.990. The Labute approximate surface area is 115 Å². The minimum absolute atomic E-state index is 0.159. The zero-order valence-corrected chi connectivity index (χ0v) is 12.5. The van der Waals surface area contributed by atoms with Gasteiger partial charge < -0.3 is 4.74 Å². The minimum atomic E-state index is 0.159. The van der Waals surface area contributed by atoms with E-state index >= 15 is 0 Å². The molecule has 0 bridgehead atoms. The number of benzene rings is 1. The van der Waals surface area contributed by atoms with Gasteiger partial charge in [0.05, 0.1) is 6.10 Å². The Balaban J connectivity index is 2.46. The van der Waals surface area contributed by atoms with Gasteiger partial charge in [-0.05, 0) is 32.9 Å². The minimum Gasteiger partial charge on any atom is -0.377 e. The fraction of sp³-hybridized carbons (Fsp3) is 0.375. The van der Waals surface area contributed by atoms with Crippen LogP contribution in [0.2, 0.25) is 0 Å². The summed E-state index contributed by atoms with van der Waals surface area (Å²) in [6.45, 7) is 6.29. The number of hydrogen-bond donors (Lipinski definition) is 0. The lowest BCUT2D eigenvalue weighted by molar-refractivity contribution is 0.160. The molecule has 2 heteroatoms. The Kier molecular flexibility index (Phi) is 6.84. The first-order chi connectivity index (χ1) is 8.61. The molecule has 0 spiro atoms. The van der Waals surface area contributed by atoms with Gasteiger partial charge in [-0.3, -0.25) is 0 Å². The van der Waals surface area contributed by atoms with Crippen molar-refractivity contribution in [3.63, 3.8) is 0 Å². The Morgan fingerprint density at radius 2 is 1.94 bits per heavy atom. The number of allylic oxidation sites excluding steroid dienone is 3. The molecule has 0 N–H and O–H groups in total. The van der Waals surface area contributed by atoms with Crippen molar-refractivity contribution in [2.75, 3.05) is 12.9 Å². The van der Waals surface area contributed by atoms with Gasteiger partial charge in [-0.15, -0.1) is 11.8 Å². The number of thioether (sulfide) groups is 1. The summed E-state index contributed by atoms with van der Waals surface area (Å²) in [7, 11) is 1.76. The van der Waals surface area contributed by atoms with Gasteiger partial charge in [-0.2, -0.15) is 0 Å². The smallest absolute Gasteiger partial charge is 0.0848 e. The van der Waals surface area contributed by atoms with Gasteiger partial charge in [0.1, 0.15) is 0 Å². The van der Waals surface area contributed by atoms with Crippen LogP contribution in [0.15, 0.2) is 53.0 Å². The van der Waals surface area contributed by atoms with Crippen molar-refractivity contribution >= 4 is 11.8 Å². The molecular formula is C16H22OS. The second-order valence-electron chi connectivity index (χ2n) is 4.53. The number of aryl methyl sites for hydroxylation is 1. The van der Waals surface area contributed by atoms with Crippen LogP contribution >= 0.6 is 11.8 Å². The molecule has 0 fully saturated rings. The van der Waals surface area contributed by atoms with Crippen molar-refractivity contribution in [1.29, 1.82) is 0 Å². The van der Waals surface area contributed by atoms with Gasteiger partial charge in [0.15, 0.2) is 0 Å². The standard InChI is InChI=1S/C16H22OS/c1-13(2)6-5-7-15(17-4)12-18-16-10-8-14(3)9-11-16/h5-11,15H,12H2,1-4H3/b7-5+/t15-/m0/s1. The zero-order valence-electron chi connectivity index (χ0n) is 11.6. The highest BCUT2D eigenvalue weighted by atomic mass is 32.2. The van der Waals surface area contributed by atoms with E-state index in [0.717, 1.165) is 5.75 Å². The van der Waals surface area contributed by atoms with Crippen molar-refractivity contribution < 1.29 is 4.74 Å². The van der Waals surface area contributed by atoms with Crippen LogP contribution in [0.5, 0.6) is 0 Å². The third-order valence-electron chi connectivity index (χ3n) is 2.49. The first kappa shape index (κ1) is 15.1. The van der Waals surface area contributed by atoms with E-state index in [4.69, 9.17) is 4.74 Å². The largest absolute Gasteiger partial charge is 0.377 e. The van der Waals surface area contributed by atoms with Crippen LogP contribution in [0.1, 0.15) is 19.4 Å². The summed E-state index contributed by atoms with van der Waals surface area (Å²) in [5.74, 6) is 0.937. The van der Waals surface area contributed by atoms with Crippen LogP contribution in [-0.2, 0) is 4.74 Å². The summed E-state index contributed by atoms with van der Waals surface area (Å²) < 4.78 is 5.44. The molecule has 1 nitrogen and oxygen atoms in total. The summed E-state index contributed by atoms with van der Waals surface area (Å²) in [6.07, 6.45) is 6.43. The SMILES string of the molecule is CO[C@@H](/C=C/C=C(C)C)CSc1ccc(C)cc1. The first-order valence-corrected chi connectivity index (χ1v) is 7.14. The molecule has 1 rings (SSSR count). The van der Waals surface area contributed by atoms with E-state index < -0.39 is 0 Å². The maximum atomic E-state index is 5.44. The summed E-state index contributed by atoms with van der Waals surface area (Å²) in [4.78, 5) is 1.29. The number of ether oxygens (including phenoxy) is 1. The van der Waals surface area contributed by atoms with Gasteiger partial charge in [0.25, 0.3) is 0 Å². The highest BCUT2D eigenvalue weighted by molar-refractivity contribution is 7.99. The van der Waals surface area contributed by atoms with E-state index in [1.807, 2.05) is 11.8 Å². The summed E-state index contributed by atoms with van der Waals surface area (Å²) in [5.41, 5.74) is 2.60. The molecule has 98 valence electrons. The monoisotopic (exact) mass is 262 g/mol. The van der Waals surface area contributed by atoms with E-state index in [9.17, 15) is 0 Å². The fourth-order valence-electron chi connectivity index (χ4n) is 1.39. The number of rotatable bonds is 6. The van der Waals surface area contributed by atoms with Crippen molar-refractivity contribution in [3.8, 4) is 0 Å². The quantitative estimate of drug-likeness (QED) is 0.546. The normalized spacial score (nSPS) is 12.7. The Morgan fingerprint density at radius 3 is 2.50 bits per heavy atom. The van der Waals surface area contributed by atoms with Crippen LogP contribution in [0.4, 0.5) is 0 Å². The van der Waals surface area contributed by atoms with Crippen molar-refractivity contribution in [2.24, 2.45) is 0 Å². The Morgan fingerprint density at radius 1 is 1.28 bits per heavy atom. The van der Waals surface area contributed by atoms with E-state index in [1.54, 1.807) is 7.11 Å². The van der Waals surface area contributed by atoms with E-state index in [0.29, 0.717) is 0 Å². The zero-order chi connectivity index (χ0) is 13.4. The first-order valence-electron chi connectivity index (χ1n) is 6.16. The van der Waals surface area contributed by atoms with Crippen molar-refractivity contribution in [3.05, 3.63) is 53.6 Å². The number of methoxy groups -OCH3 is 1. The summed E-state index contributed by atoms with van der Waals surface area (Å²) in [6, 6.07) is 8.60. The third kappa shape index (κ3) is 6.08. The lowest BCUT2D eigenvalue weighted by atomic mass is 10.2. The average molecular weight is 262 g/mol. The molecule has 0 unspecified atom stereocenters. The molecule has 0 saturated heterocycles. The third-order valence-corrected chi connectivity index (χ3v) is 3.59. The van der Waals surface area contributed by atoms with Gasteiger partial charge in [-0.1, -0.05) is 41.5 Å². The molecule has 0 aromatic heterocycles. The molecule has 0 radical (unpaired) electrons. The second-order valence-corrected chi connectivity index (χ2v) is 5.62. The van der Waals surface area contributed by atoms with Crippen LogP contribution in [0.3, 0.4) is 0 Å². The summed E-state index contributed by atoms with van der Waals surface area (Å²) in [5, 5.41) is 0. The van der Waals surface area contributed by atoms with E-state index in [2.05, 4.69) is 63.3 Å². The van der Waals surface area contributed by atoms with Gasteiger partial charge in [0.2, 0.25) is 0 Å². The maximum absolute atomic E-state index is 5.44. The molecule has 18 heavy (non-hydrogen) atoms. The fourth-order valence-corrected chi connectivity index (χ4v) is 2.32. The van der Waals surface area contributed by atoms with E-state index in [-0.39, 0.29) is 6.10 Å². The van der Waals surface area contributed by atoms with Gasteiger partial charge in [-0.25, -0.2) is 0 Å². The predicted octanol–water partition coefficient (Wildman–Crippen LogP) is 4.62. The highest BCUT2D eigenvalue weighted by Gasteiger charge is 2.03. The van der Waals surface area contributed by atoms with Crippen molar-refractivity contribution in [2.45, 2.75) is 31.8 Å². The maximum Gasteiger partial charge on any atom is 0.0848 e. The highest BCUT2D eigenvalue weighted by Crippen LogP contribution is 2.20. The van der Waals surface area contributed by atoms with Crippen LogP contribution in [-0.4, -0.2) is 19.0 Å². The van der Waals surface area contributed by atoms with Gasteiger partial charge in [0, 0.05) is 17.8 Å². The van der Waals surface area contributed by atoms with Crippen LogP contribution < -0.4 is 0 Å². The molecule has 1 aromatic rings. The lowest BCUT2D eigenvalue weighted by Gasteiger charge is -2.10. The predicted molar refractivity (Wildman–Crippen MR) is 81.3 cm³/mol. The number of hydrogen-bond acceptors (Lipinski definition) is 2. The molecule has 1 atom stereocenters.